The predicted molar refractivity (Wildman–Crippen MR) is 175 cm³/mol. The van der Waals surface area contributed by atoms with E-state index in [0.29, 0.717) is 18.9 Å². The summed E-state index contributed by atoms with van der Waals surface area (Å²) in [5, 5.41) is 15.5. The lowest BCUT2D eigenvalue weighted by Crippen LogP contribution is -2.52. The van der Waals surface area contributed by atoms with E-state index in [1.54, 1.807) is 45.0 Å². The van der Waals surface area contributed by atoms with Crippen LogP contribution in [0.25, 0.3) is 0 Å². The molecule has 0 saturated heterocycles. The summed E-state index contributed by atoms with van der Waals surface area (Å²) in [4.78, 5) is 74.1. The molecule has 6 N–H and O–H groups in total. The zero-order valence-corrected chi connectivity index (χ0v) is 28.2. The molecule has 1 aromatic carbocycles. The fourth-order valence-corrected chi connectivity index (χ4v) is 4.02. The van der Waals surface area contributed by atoms with Gasteiger partial charge < -0.3 is 31.3 Å². The molecule has 46 heavy (non-hydrogen) atoms. The van der Waals surface area contributed by atoms with Crippen molar-refractivity contribution in [2.24, 2.45) is 17.8 Å². The molecule has 3 atom stereocenters. The number of carbonyl (C=O) groups is 6. The van der Waals surface area contributed by atoms with Crippen LogP contribution in [-0.4, -0.2) is 86.9 Å². The Morgan fingerprint density at radius 3 is 1.91 bits per heavy atom. The quantitative estimate of drug-likeness (QED) is 0.0746. The third kappa shape index (κ3) is 18.8. The highest BCUT2D eigenvalue weighted by Gasteiger charge is 2.22. The van der Waals surface area contributed by atoms with Gasteiger partial charge in [-0.15, -0.1) is 0 Å². The van der Waals surface area contributed by atoms with E-state index in [4.69, 9.17) is 4.74 Å². The minimum absolute atomic E-state index is 0.0106. The molecule has 0 aromatic heterocycles. The second-order valence-corrected chi connectivity index (χ2v) is 12.2. The van der Waals surface area contributed by atoms with Crippen LogP contribution in [-0.2, 0) is 39.9 Å². The zero-order valence-electron chi connectivity index (χ0n) is 28.2. The van der Waals surface area contributed by atoms with Crippen LogP contribution in [0.15, 0.2) is 30.3 Å². The summed E-state index contributed by atoms with van der Waals surface area (Å²) in [6, 6.07) is 8.00. The Balaban J connectivity index is 2.48. The molecule has 1 aromatic rings. The highest BCUT2D eigenvalue weighted by Crippen LogP contribution is 2.11. The topological polar surface area (TPSA) is 184 Å². The van der Waals surface area contributed by atoms with Gasteiger partial charge in [-0.25, -0.2) is 0 Å². The maximum atomic E-state index is 12.9. The number of rotatable bonds is 23. The van der Waals surface area contributed by atoms with Crippen molar-refractivity contribution in [3.8, 4) is 0 Å². The van der Waals surface area contributed by atoms with Crippen molar-refractivity contribution < 1.29 is 33.5 Å². The number of hydrogen-bond acceptors (Lipinski definition) is 8. The first-order chi connectivity index (χ1) is 21.8. The lowest BCUT2D eigenvalue weighted by molar-refractivity contribution is -0.131. The van der Waals surface area contributed by atoms with Crippen LogP contribution < -0.4 is 31.9 Å². The molecule has 0 radical (unpaired) electrons. The van der Waals surface area contributed by atoms with E-state index in [0.717, 1.165) is 18.4 Å². The van der Waals surface area contributed by atoms with E-state index < -0.39 is 36.2 Å². The predicted octanol–water partition coefficient (Wildman–Crippen LogP) is 0.818. The van der Waals surface area contributed by atoms with Crippen molar-refractivity contribution in [3.63, 3.8) is 0 Å². The molecule has 0 heterocycles. The fourth-order valence-electron chi connectivity index (χ4n) is 4.02. The van der Waals surface area contributed by atoms with Crippen LogP contribution in [0, 0.1) is 17.8 Å². The first-order valence-corrected chi connectivity index (χ1v) is 16.1. The number of hydrogen-bond donors (Lipinski definition) is 6. The molecule has 0 spiro atoms. The highest BCUT2D eigenvalue weighted by molar-refractivity contribution is 5.93. The van der Waals surface area contributed by atoms with Crippen LogP contribution >= 0.6 is 0 Å². The average Bonchev–Trinajstić information content (AvgIpc) is 3.02. The second-order valence-electron chi connectivity index (χ2n) is 12.2. The van der Waals surface area contributed by atoms with Crippen molar-refractivity contribution >= 4 is 35.3 Å². The van der Waals surface area contributed by atoms with Crippen molar-refractivity contribution in [2.45, 2.75) is 79.4 Å². The minimum atomic E-state index is -1.02. The first kappa shape index (κ1) is 40.2. The van der Waals surface area contributed by atoms with E-state index in [1.165, 1.54) is 0 Å². The summed E-state index contributed by atoms with van der Waals surface area (Å²) in [6.45, 7) is 11.2. The number of ketones is 1. The van der Waals surface area contributed by atoms with Crippen molar-refractivity contribution in [3.05, 3.63) is 35.9 Å². The monoisotopic (exact) mass is 646 g/mol. The maximum Gasteiger partial charge on any atom is 0.243 e. The molecule has 0 aliphatic rings. The molecule has 0 aliphatic carbocycles. The van der Waals surface area contributed by atoms with E-state index in [9.17, 15) is 28.8 Å². The Kier molecular flexibility index (Phi) is 19.8. The van der Waals surface area contributed by atoms with E-state index in [-0.39, 0.29) is 62.4 Å². The summed E-state index contributed by atoms with van der Waals surface area (Å²) in [5.41, 5.74) is 0.780. The largest absolute Gasteiger partial charge is 0.378 e. The van der Waals surface area contributed by atoms with Gasteiger partial charge in [-0.1, -0.05) is 65.0 Å². The van der Waals surface area contributed by atoms with Crippen molar-refractivity contribution in [1.82, 2.24) is 31.9 Å². The number of benzene rings is 1. The SMILES string of the molecule is CC(C)CCC(C)OCCC(C)C(=O)NCC(=O)NCC(=O)N[C@@H](Cc1ccccc1)C(=O)NCC(=O)NCNCC(=O)C(C)C. The van der Waals surface area contributed by atoms with Crippen molar-refractivity contribution in [1.29, 1.82) is 0 Å². The van der Waals surface area contributed by atoms with Gasteiger partial charge >= 0.3 is 0 Å². The molecule has 13 heteroatoms. The van der Waals surface area contributed by atoms with Crippen LogP contribution in [0.5, 0.6) is 0 Å². The Bertz CT molecular complexity index is 1110. The summed E-state index contributed by atoms with van der Waals surface area (Å²) in [5.74, 6) is -2.37. The molecule has 0 saturated carbocycles. The van der Waals surface area contributed by atoms with Gasteiger partial charge in [0.25, 0.3) is 0 Å². The Morgan fingerprint density at radius 1 is 0.674 bits per heavy atom. The van der Waals surface area contributed by atoms with Crippen LogP contribution in [0.1, 0.15) is 66.4 Å². The van der Waals surface area contributed by atoms with Gasteiger partial charge in [0, 0.05) is 24.9 Å². The van der Waals surface area contributed by atoms with E-state index >= 15 is 0 Å². The average molecular weight is 647 g/mol. The molecule has 0 bridgehead atoms. The molecule has 1 rings (SSSR count). The van der Waals surface area contributed by atoms with Gasteiger partial charge in [-0.2, -0.15) is 0 Å². The highest BCUT2D eigenvalue weighted by atomic mass is 16.5. The second kappa shape index (κ2) is 22.6. The van der Waals surface area contributed by atoms with Crippen LogP contribution in [0.2, 0.25) is 0 Å². The van der Waals surface area contributed by atoms with Gasteiger partial charge in [0.1, 0.15) is 11.8 Å². The molecule has 5 amide bonds. The molecular weight excluding hydrogens is 592 g/mol. The Labute approximate surface area is 273 Å². The maximum absolute atomic E-state index is 12.9. The Morgan fingerprint density at radius 2 is 1.28 bits per heavy atom. The summed E-state index contributed by atoms with van der Waals surface area (Å²) < 4.78 is 5.79. The van der Waals surface area contributed by atoms with Crippen LogP contribution in [0.3, 0.4) is 0 Å². The lowest BCUT2D eigenvalue weighted by Gasteiger charge is -2.19. The standard InChI is InChI=1S/C33H54N6O7/c1-22(2)12-13-25(6)46-15-14-24(5)32(44)36-18-29(41)35-20-31(43)39-27(16-26-10-8-7-9-11-26)33(45)37-19-30(42)38-21-34-17-28(40)23(3)4/h7-11,22-25,27,34H,12-21H2,1-6H3,(H,35,41)(H,36,44)(H,37,45)(H,38,42)(H,39,43)/t24?,25?,27-/m0/s1. The summed E-state index contributed by atoms with van der Waals surface area (Å²) in [7, 11) is 0. The molecule has 0 fully saturated rings. The van der Waals surface area contributed by atoms with Gasteiger partial charge in [-0.05, 0) is 37.7 Å². The normalized spacial score (nSPS) is 13.0. The third-order valence-electron chi connectivity index (χ3n) is 7.13. The van der Waals surface area contributed by atoms with Gasteiger partial charge in [0.15, 0.2) is 0 Å². The molecule has 258 valence electrons. The van der Waals surface area contributed by atoms with Gasteiger partial charge in [0.05, 0.1) is 39.0 Å². The number of amides is 5. The number of ether oxygens (including phenoxy) is 1. The lowest BCUT2D eigenvalue weighted by atomic mass is 10.1. The molecule has 0 aliphatic heterocycles. The third-order valence-corrected chi connectivity index (χ3v) is 7.13. The van der Waals surface area contributed by atoms with E-state index in [1.807, 2.05) is 13.0 Å². The van der Waals surface area contributed by atoms with Crippen molar-refractivity contribution in [2.75, 3.05) is 39.5 Å². The molecule has 2 unspecified atom stereocenters. The fraction of sp³-hybridized carbons (Fsp3) is 0.636. The first-order valence-electron chi connectivity index (χ1n) is 16.1. The summed E-state index contributed by atoms with van der Waals surface area (Å²) in [6.07, 6.45) is 2.83. The van der Waals surface area contributed by atoms with Crippen LogP contribution in [0.4, 0.5) is 0 Å². The number of Topliss-reactive ketones (excluding diaryl/α,β-unsaturated/α-hetero) is 1. The van der Waals surface area contributed by atoms with Gasteiger partial charge in [0.2, 0.25) is 29.5 Å². The summed E-state index contributed by atoms with van der Waals surface area (Å²) >= 11 is 0. The smallest absolute Gasteiger partial charge is 0.243 e. The van der Waals surface area contributed by atoms with Gasteiger partial charge in [-0.3, -0.25) is 34.1 Å². The Hall–Kier alpha value is -3.84. The number of nitrogens with one attached hydrogen (secondary N) is 6. The van der Waals surface area contributed by atoms with E-state index in [2.05, 4.69) is 45.7 Å². The zero-order chi connectivity index (χ0) is 34.5. The molecule has 13 nitrogen and oxygen atoms in total. The minimum Gasteiger partial charge on any atom is -0.378 e. The number of carbonyl (C=O) groups excluding carboxylic acids is 6. The molecular formula is C33H54N6O7.